The minimum absolute atomic E-state index is 0.417. The van der Waals surface area contributed by atoms with Crippen molar-refractivity contribution in [2.75, 3.05) is 6.26 Å². The van der Waals surface area contributed by atoms with Crippen molar-refractivity contribution >= 4 is 34.7 Å². The summed E-state index contributed by atoms with van der Waals surface area (Å²) in [7, 11) is 0. The van der Waals surface area contributed by atoms with Gasteiger partial charge in [0.25, 0.3) is 0 Å². The number of rotatable bonds is 5. The van der Waals surface area contributed by atoms with Crippen molar-refractivity contribution < 1.29 is 9.59 Å². The Balaban J connectivity index is 2.38. The molecule has 1 heterocycles. The Bertz CT molecular complexity index is 771. The number of nitrogens with zero attached hydrogens (tertiary/aromatic N) is 1. The first-order valence-corrected chi connectivity index (χ1v) is 8.71. The summed E-state index contributed by atoms with van der Waals surface area (Å²) in [6.45, 7) is 3.70. The highest BCUT2D eigenvalue weighted by Gasteiger charge is 2.30. The smallest absolute Gasteiger partial charge is 0.197 e. The molecular formula is C17H15NO2S2. The van der Waals surface area contributed by atoms with Crippen LogP contribution >= 0.6 is 23.1 Å². The third-order valence-electron chi connectivity index (χ3n) is 3.35. The van der Waals surface area contributed by atoms with E-state index >= 15 is 0 Å². The highest BCUT2D eigenvalue weighted by molar-refractivity contribution is 7.98. The van der Waals surface area contributed by atoms with E-state index in [1.54, 1.807) is 12.1 Å². The minimum atomic E-state index is -1.28. The van der Waals surface area contributed by atoms with Gasteiger partial charge in [0, 0.05) is 15.3 Å². The Hall–Kier alpha value is -1.90. The van der Waals surface area contributed by atoms with Crippen LogP contribution in [0, 0.1) is 31.1 Å². The van der Waals surface area contributed by atoms with Crippen molar-refractivity contribution in [1.82, 2.24) is 0 Å². The van der Waals surface area contributed by atoms with Gasteiger partial charge < -0.3 is 0 Å². The summed E-state index contributed by atoms with van der Waals surface area (Å²) in [5.41, 5.74) is 1.22. The zero-order chi connectivity index (χ0) is 16.3. The van der Waals surface area contributed by atoms with Crippen LogP contribution in [0.25, 0.3) is 0 Å². The lowest BCUT2D eigenvalue weighted by Crippen LogP contribution is -2.23. The SMILES string of the molecule is CSc1ccc(C)c(C(=O)[C@@H](C#N)C(=O)c2ccc(C)s2)c1. The van der Waals surface area contributed by atoms with Crippen LogP contribution in [0.2, 0.25) is 0 Å². The van der Waals surface area contributed by atoms with Gasteiger partial charge in [-0.1, -0.05) is 6.07 Å². The molecule has 2 aromatic rings. The second-order valence-corrected chi connectivity index (χ2v) is 7.05. The van der Waals surface area contributed by atoms with E-state index in [0.29, 0.717) is 10.4 Å². The molecule has 0 saturated carbocycles. The molecule has 0 fully saturated rings. The fourth-order valence-electron chi connectivity index (χ4n) is 2.09. The highest BCUT2D eigenvalue weighted by Crippen LogP contribution is 2.25. The van der Waals surface area contributed by atoms with Gasteiger partial charge in [-0.25, -0.2) is 0 Å². The van der Waals surface area contributed by atoms with Gasteiger partial charge >= 0.3 is 0 Å². The summed E-state index contributed by atoms with van der Waals surface area (Å²) in [5, 5.41) is 9.32. The predicted molar refractivity (Wildman–Crippen MR) is 89.8 cm³/mol. The van der Waals surface area contributed by atoms with Gasteiger partial charge in [-0.05, 0) is 49.9 Å². The molecule has 1 aromatic heterocycles. The summed E-state index contributed by atoms with van der Waals surface area (Å²) in [6.07, 6.45) is 1.92. The number of thiophene rings is 1. The molecule has 1 aromatic carbocycles. The number of carbonyl (C=O) groups is 2. The first-order chi connectivity index (χ1) is 10.5. The van der Waals surface area contributed by atoms with Crippen molar-refractivity contribution in [1.29, 1.82) is 5.26 Å². The van der Waals surface area contributed by atoms with Crippen molar-refractivity contribution in [2.24, 2.45) is 5.92 Å². The highest BCUT2D eigenvalue weighted by atomic mass is 32.2. The van der Waals surface area contributed by atoms with E-state index in [2.05, 4.69) is 0 Å². The Kier molecular flexibility index (Phi) is 5.17. The Morgan fingerprint density at radius 2 is 1.91 bits per heavy atom. The first-order valence-electron chi connectivity index (χ1n) is 6.67. The Morgan fingerprint density at radius 1 is 1.18 bits per heavy atom. The van der Waals surface area contributed by atoms with Crippen LogP contribution in [0.15, 0.2) is 35.2 Å². The van der Waals surface area contributed by atoms with Gasteiger partial charge in [0.05, 0.1) is 10.9 Å². The van der Waals surface area contributed by atoms with Gasteiger partial charge in [0.1, 0.15) is 0 Å². The number of hydrogen-bond acceptors (Lipinski definition) is 5. The number of ketones is 2. The van der Waals surface area contributed by atoms with Crippen molar-refractivity contribution in [3.63, 3.8) is 0 Å². The summed E-state index contributed by atoms with van der Waals surface area (Å²) < 4.78 is 0. The van der Waals surface area contributed by atoms with E-state index < -0.39 is 17.5 Å². The Morgan fingerprint density at radius 3 is 2.45 bits per heavy atom. The normalized spacial score (nSPS) is 11.7. The van der Waals surface area contributed by atoms with E-state index in [-0.39, 0.29) is 0 Å². The van der Waals surface area contributed by atoms with Gasteiger partial charge in [-0.15, -0.1) is 23.1 Å². The first kappa shape index (κ1) is 16.5. The minimum Gasteiger partial charge on any atom is -0.292 e. The molecule has 3 nitrogen and oxygen atoms in total. The molecule has 22 heavy (non-hydrogen) atoms. The van der Waals surface area contributed by atoms with Crippen LogP contribution < -0.4 is 0 Å². The molecule has 0 spiro atoms. The second kappa shape index (κ2) is 6.91. The molecule has 0 bridgehead atoms. The molecule has 1 atom stereocenters. The van der Waals surface area contributed by atoms with Crippen LogP contribution in [0.5, 0.6) is 0 Å². The maximum absolute atomic E-state index is 12.6. The number of Topliss-reactive ketones (excluding diaryl/α,β-unsaturated/α-hetero) is 2. The lowest BCUT2D eigenvalue weighted by atomic mass is 9.92. The molecule has 0 N–H and O–H groups in total. The lowest BCUT2D eigenvalue weighted by Gasteiger charge is -2.10. The Labute approximate surface area is 138 Å². The lowest BCUT2D eigenvalue weighted by molar-refractivity contribution is 0.0848. The maximum atomic E-state index is 12.6. The number of carbonyl (C=O) groups excluding carboxylic acids is 2. The van der Waals surface area contributed by atoms with E-state index in [4.69, 9.17) is 0 Å². The van der Waals surface area contributed by atoms with Crippen molar-refractivity contribution in [2.45, 2.75) is 18.7 Å². The molecule has 0 aliphatic rings. The van der Waals surface area contributed by atoms with Crippen molar-refractivity contribution in [3.8, 4) is 6.07 Å². The fourth-order valence-corrected chi connectivity index (χ4v) is 3.37. The average Bonchev–Trinajstić information content (AvgIpc) is 2.94. The van der Waals surface area contributed by atoms with Gasteiger partial charge in [0.2, 0.25) is 0 Å². The maximum Gasteiger partial charge on any atom is 0.197 e. The van der Waals surface area contributed by atoms with Gasteiger partial charge in [-0.2, -0.15) is 5.26 Å². The summed E-state index contributed by atoms with van der Waals surface area (Å²) >= 11 is 2.83. The van der Waals surface area contributed by atoms with E-state index in [1.165, 1.54) is 23.1 Å². The molecule has 0 unspecified atom stereocenters. The molecule has 0 amide bonds. The molecule has 5 heteroatoms. The number of aryl methyl sites for hydroxylation is 2. The fraction of sp³-hybridized carbons (Fsp3) is 0.235. The molecular weight excluding hydrogens is 314 g/mol. The van der Waals surface area contributed by atoms with Gasteiger partial charge in [0.15, 0.2) is 17.5 Å². The standard InChI is InChI=1S/C17H15NO2S2/c1-10-4-6-12(21-3)8-13(10)16(19)14(9-18)17(20)15-7-5-11(2)22-15/h4-8,14H,1-3H3/t14-/m1/s1. The average molecular weight is 329 g/mol. The van der Waals surface area contributed by atoms with Crippen LogP contribution in [0.3, 0.4) is 0 Å². The summed E-state index contributed by atoms with van der Waals surface area (Å²) in [6, 6.07) is 10.9. The number of nitriles is 1. The van der Waals surface area contributed by atoms with E-state index in [1.807, 2.05) is 44.4 Å². The van der Waals surface area contributed by atoms with Crippen LogP contribution in [-0.4, -0.2) is 17.8 Å². The van der Waals surface area contributed by atoms with Crippen LogP contribution in [0.4, 0.5) is 0 Å². The van der Waals surface area contributed by atoms with E-state index in [0.717, 1.165) is 15.3 Å². The molecule has 112 valence electrons. The number of hydrogen-bond donors (Lipinski definition) is 0. The zero-order valence-corrected chi connectivity index (χ0v) is 14.2. The van der Waals surface area contributed by atoms with Crippen molar-refractivity contribution in [3.05, 3.63) is 51.2 Å². The molecule has 0 radical (unpaired) electrons. The zero-order valence-electron chi connectivity index (χ0n) is 12.5. The predicted octanol–water partition coefficient (Wildman–Crippen LogP) is 4.29. The number of thioether (sulfide) groups is 1. The summed E-state index contributed by atoms with van der Waals surface area (Å²) in [4.78, 5) is 27.4. The molecule has 2 rings (SSSR count). The third-order valence-corrected chi connectivity index (χ3v) is 5.09. The second-order valence-electron chi connectivity index (χ2n) is 4.88. The molecule has 0 aliphatic heterocycles. The quantitative estimate of drug-likeness (QED) is 0.466. The third kappa shape index (κ3) is 3.29. The monoisotopic (exact) mass is 329 g/mol. The topological polar surface area (TPSA) is 57.9 Å². The van der Waals surface area contributed by atoms with Crippen LogP contribution in [-0.2, 0) is 0 Å². The number of benzene rings is 1. The van der Waals surface area contributed by atoms with Crippen LogP contribution in [0.1, 0.15) is 30.5 Å². The largest absolute Gasteiger partial charge is 0.292 e. The molecule has 0 aliphatic carbocycles. The van der Waals surface area contributed by atoms with Gasteiger partial charge in [-0.3, -0.25) is 9.59 Å². The van der Waals surface area contributed by atoms with E-state index in [9.17, 15) is 14.9 Å². The molecule has 0 saturated heterocycles. The summed E-state index contributed by atoms with van der Waals surface area (Å²) in [5.74, 6) is -2.12.